The third-order valence-electron chi connectivity index (χ3n) is 3.12. The summed E-state index contributed by atoms with van der Waals surface area (Å²) in [5.41, 5.74) is 2.67. The van der Waals surface area contributed by atoms with Crippen molar-refractivity contribution < 1.29 is 9.90 Å². The summed E-state index contributed by atoms with van der Waals surface area (Å²) in [5.74, 6) is -1.46. The second-order valence-corrected chi connectivity index (χ2v) is 5.59. The Kier molecular flexibility index (Phi) is 5.05. The molecule has 1 N–H and O–H groups in total. The summed E-state index contributed by atoms with van der Waals surface area (Å²) in [4.78, 5) is 11.1. The molecule has 0 aliphatic carbocycles. The molecular weight excluding hydrogens is 307 g/mol. The van der Waals surface area contributed by atoms with Gasteiger partial charge in [0.05, 0.1) is 5.92 Å². The molecule has 21 heavy (non-hydrogen) atoms. The van der Waals surface area contributed by atoms with Crippen LogP contribution in [0.25, 0.3) is 5.57 Å². The van der Waals surface area contributed by atoms with E-state index in [4.69, 9.17) is 28.3 Å². The Balaban J connectivity index is 2.51. The van der Waals surface area contributed by atoms with E-state index < -0.39 is 11.9 Å². The van der Waals surface area contributed by atoms with Gasteiger partial charge in [-0.25, -0.2) is 0 Å². The van der Waals surface area contributed by atoms with E-state index >= 15 is 0 Å². The van der Waals surface area contributed by atoms with Crippen LogP contribution in [0.3, 0.4) is 0 Å². The molecule has 0 heterocycles. The maximum absolute atomic E-state index is 11.1. The number of halogens is 2. The monoisotopic (exact) mass is 320 g/mol. The molecule has 108 valence electrons. The van der Waals surface area contributed by atoms with Crippen LogP contribution < -0.4 is 0 Å². The molecule has 1 atom stereocenters. The van der Waals surface area contributed by atoms with Gasteiger partial charge in [-0.05, 0) is 47.9 Å². The predicted molar refractivity (Wildman–Crippen MR) is 86.8 cm³/mol. The van der Waals surface area contributed by atoms with Crippen molar-refractivity contribution >= 4 is 34.7 Å². The highest BCUT2D eigenvalue weighted by atomic mass is 35.5. The highest BCUT2D eigenvalue weighted by Gasteiger charge is 2.12. The van der Waals surface area contributed by atoms with E-state index in [0.717, 1.165) is 16.7 Å². The van der Waals surface area contributed by atoms with Crippen molar-refractivity contribution in [2.24, 2.45) is 5.92 Å². The fraction of sp³-hybridized carbons (Fsp3) is 0.118. The molecule has 0 unspecified atom stereocenters. The standard InChI is InChI=1S/C17H14Cl2O2/c1-11(17(20)21)10-16(12-2-6-14(18)7-3-12)13-4-8-15(19)9-5-13/h2-11H,1H3,(H,20,21)/t11-/m0/s1. The Morgan fingerprint density at radius 2 is 1.33 bits per heavy atom. The van der Waals surface area contributed by atoms with Crippen molar-refractivity contribution in [1.82, 2.24) is 0 Å². The van der Waals surface area contributed by atoms with Crippen LogP contribution in [0, 0.1) is 5.92 Å². The normalized spacial score (nSPS) is 11.8. The molecule has 2 aromatic rings. The first-order chi connectivity index (χ1) is 9.97. The van der Waals surface area contributed by atoms with Crippen LogP contribution in [-0.2, 0) is 4.79 Å². The molecule has 0 fully saturated rings. The Bertz CT molecular complexity index is 611. The van der Waals surface area contributed by atoms with Gasteiger partial charge in [0.25, 0.3) is 0 Å². The fourth-order valence-corrected chi connectivity index (χ4v) is 2.19. The number of benzene rings is 2. The largest absolute Gasteiger partial charge is 0.481 e. The summed E-state index contributed by atoms with van der Waals surface area (Å²) in [5, 5.41) is 10.4. The van der Waals surface area contributed by atoms with Crippen LogP contribution in [0.1, 0.15) is 18.1 Å². The van der Waals surface area contributed by atoms with Crippen molar-refractivity contribution in [2.75, 3.05) is 0 Å². The minimum Gasteiger partial charge on any atom is -0.481 e. The molecule has 0 radical (unpaired) electrons. The third-order valence-corrected chi connectivity index (χ3v) is 3.62. The van der Waals surface area contributed by atoms with E-state index in [-0.39, 0.29) is 0 Å². The first-order valence-corrected chi connectivity index (χ1v) is 7.19. The Morgan fingerprint density at radius 3 is 1.67 bits per heavy atom. The number of aliphatic carboxylic acids is 1. The highest BCUT2D eigenvalue weighted by molar-refractivity contribution is 6.31. The molecule has 0 aliphatic heterocycles. The average Bonchev–Trinajstić information content (AvgIpc) is 2.46. The SMILES string of the molecule is C[C@@H](C=C(c1ccc(Cl)cc1)c1ccc(Cl)cc1)C(=O)O. The summed E-state index contributed by atoms with van der Waals surface area (Å²) in [6.45, 7) is 1.65. The van der Waals surface area contributed by atoms with Gasteiger partial charge in [0.1, 0.15) is 0 Å². The first-order valence-electron chi connectivity index (χ1n) is 6.44. The summed E-state index contributed by atoms with van der Waals surface area (Å²) in [6, 6.07) is 14.6. The van der Waals surface area contributed by atoms with Gasteiger partial charge < -0.3 is 5.11 Å². The van der Waals surface area contributed by atoms with Crippen molar-refractivity contribution in [3.8, 4) is 0 Å². The minimum atomic E-state index is -0.865. The van der Waals surface area contributed by atoms with Gasteiger partial charge in [-0.15, -0.1) is 0 Å². The quantitative estimate of drug-likeness (QED) is 0.846. The van der Waals surface area contributed by atoms with Gasteiger partial charge in [-0.1, -0.05) is 53.5 Å². The van der Waals surface area contributed by atoms with Crippen molar-refractivity contribution in [2.45, 2.75) is 6.92 Å². The summed E-state index contributed by atoms with van der Waals surface area (Å²) in [7, 11) is 0. The number of hydrogen-bond acceptors (Lipinski definition) is 1. The number of carboxylic acids is 1. The zero-order valence-electron chi connectivity index (χ0n) is 11.4. The molecule has 0 amide bonds. The number of carbonyl (C=O) groups is 1. The van der Waals surface area contributed by atoms with Crippen LogP contribution in [0.5, 0.6) is 0 Å². The number of rotatable bonds is 4. The van der Waals surface area contributed by atoms with E-state index in [1.807, 2.05) is 24.3 Å². The molecule has 0 aliphatic rings. The Hall–Kier alpha value is -1.77. The summed E-state index contributed by atoms with van der Waals surface area (Å²) in [6.07, 6.45) is 1.73. The first kappa shape index (κ1) is 15.6. The maximum Gasteiger partial charge on any atom is 0.310 e. The second-order valence-electron chi connectivity index (χ2n) is 4.72. The predicted octanol–water partition coefficient (Wildman–Crippen LogP) is 5.15. The van der Waals surface area contributed by atoms with Crippen LogP contribution >= 0.6 is 23.2 Å². The lowest BCUT2D eigenvalue weighted by molar-refractivity contribution is -0.139. The van der Waals surface area contributed by atoms with Gasteiger partial charge in [-0.3, -0.25) is 4.79 Å². The van der Waals surface area contributed by atoms with Crippen molar-refractivity contribution in [1.29, 1.82) is 0 Å². The van der Waals surface area contributed by atoms with Crippen molar-refractivity contribution in [3.63, 3.8) is 0 Å². The highest BCUT2D eigenvalue weighted by Crippen LogP contribution is 2.27. The molecule has 2 nitrogen and oxygen atoms in total. The van der Waals surface area contributed by atoms with E-state index in [0.29, 0.717) is 10.0 Å². The molecule has 0 saturated heterocycles. The smallest absolute Gasteiger partial charge is 0.310 e. The van der Waals surface area contributed by atoms with Gasteiger partial charge >= 0.3 is 5.97 Å². The van der Waals surface area contributed by atoms with E-state index in [2.05, 4.69) is 0 Å². The topological polar surface area (TPSA) is 37.3 Å². The average molecular weight is 321 g/mol. The zero-order chi connectivity index (χ0) is 15.4. The molecule has 0 bridgehead atoms. The molecule has 2 rings (SSSR count). The zero-order valence-corrected chi connectivity index (χ0v) is 12.9. The van der Waals surface area contributed by atoms with E-state index in [1.165, 1.54) is 0 Å². The molecule has 0 spiro atoms. The Labute approximate surface area is 133 Å². The molecule has 4 heteroatoms. The minimum absolute atomic E-state index is 0.591. The number of hydrogen-bond donors (Lipinski definition) is 1. The molecule has 0 saturated carbocycles. The number of carboxylic acid groups (broad SMARTS) is 1. The van der Waals surface area contributed by atoms with Gasteiger partial charge in [0, 0.05) is 10.0 Å². The molecule has 0 aromatic heterocycles. The third kappa shape index (κ3) is 4.10. The Morgan fingerprint density at radius 1 is 0.952 bits per heavy atom. The molecular formula is C17H14Cl2O2. The maximum atomic E-state index is 11.1. The van der Waals surface area contributed by atoms with Gasteiger partial charge in [0.15, 0.2) is 0 Å². The fourth-order valence-electron chi connectivity index (χ4n) is 1.94. The van der Waals surface area contributed by atoms with Crippen LogP contribution in [0.4, 0.5) is 0 Å². The van der Waals surface area contributed by atoms with Crippen LogP contribution in [0.2, 0.25) is 10.0 Å². The van der Waals surface area contributed by atoms with Crippen molar-refractivity contribution in [3.05, 3.63) is 75.8 Å². The second kappa shape index (κ2) is 6.79. The lowest BCUT2D eigenvalue weighted by atomic mass is 9.94. The van der Waals surface area contributed by atoms with E-state index in [9.17, 15) is 4.79 Å². The lowest BCUT2D eigenvalue weighted by Gasteiger charge is -2.11. The van der Waals surface area contributed by atoms with Crippen LogP contribution in [-0.4, -0.2) is 11.1 Å². The summed E-state index contributed by atoms with van der Waals surface area (Å²) >= 11 is 11.8. The molecule has 2 aromatic carbocycles. The van der Waals surface area contributed by atoms with Gasteiger partial charge in [0.2, 0.25) is 0 Å². The summed E-state index contributed by atoms with van der Waals surface area (Å²) < 4.78 is 0. The van der Waals surface area contributed by atoms with Crippen LogP contribution in [0.15, 0.2) is 54.6 Å². The van der Waals surface area contributed by atoms with E-state index in [1.54, 1.807) is 37.3 Å². The lowest BCUT2D eigenvalue weighted by Crippen LogP contribution is -2.07. The van der Waals surface area contributed by atoms with Gasteiger partial charge in [-0.2, -0.15) is 0 Å².